The second kappa shape index (κ2) is 5.23. The number of aromatic nitrogens is 2. The van der Waals surface area contributed by atoms with Crippen molar-refractivity contribution in [2.45, 2.75) is 6.54 Å². The van der Waals surface area contributed by atoms with Crippen LogP contribution in [0.2, 0.25) is 0 Å². The molecule has 0 aliphatic carbocycles. The fourth-order valence-corrected chi connectivity index (χ4v) is 1.97. The second-order valence-electron chi connectivity index (χ2n) is 3.95. The van der Waals surface area contributed by atoms with Crippen molar-refractivity contribution < 1.29 is 0 Å². The zero-order valence-electron chi connectivity index (χ0n) is 9.87. The molecule has 0 saturated carbocycles. The Morgan fingerprint density at radius 2 is 2.24 bits per heavy atom. The van der Waals surface area contributed by atoms with Crippen molar-refractivity contribution in [3.05, 3.63) is 40.9 Å². The molecule has 17 heavy (non-hydrogen) atoms. The lowest BCUT2D eigenvalue weighted by atomic mass is 10.2. The smallest absolute Gasteiger partial charge is 0.125 e. The monoisotopic (exact) mass is 294 g/mol. The molecule has 90 valence electrons. The first-order chi connectivity index (χ1) is 8.16. The normalized spacial score (nSPS) is 10.3. The molecule has 4 nitrogen and oxygen atoms in total. The molecular weight excluding hydrogens is 280 g/mol. The number of hydrogen-bond donors (Lipinski definition) is 2. The summed E-state index contributed by atoms with van der Waals surface area (Å²) >= 11 is 3.48. The highest BCUT2D eigenvalue weighted by Gasteiger charge is 2.05. The van der Waals surface area contributed by atoms with Gasteiger partial charge in [0.2, 0.25) is 0 Å². The van der Waals surface area contributed by atoms with E-state index in [-0.39, 0.29) is 0 Å². The van der Waals surface area contributed by atoms with Gasteiger partial charge >= 0.3 is 0 Å². The quantitative estimate of drug-likeness (QED) is 0.911. The number of nitrogens with zero attached hydrogens (tertiary/aromatic N) is 2. The Morgan fingerprint density at radius 1 is 1.41 bits per heavy atom. The molecule has 0 atom stereocenters. The summed E-state index contributed by atoms with van der Waals surface area (Å²) < 4.78 is 1.06. The predicted molar refractivity (Wildman–Crippen MR) is 74.4 cm³/mol. The third-order valence-electron chi connectivity index (χ3n) is 2.44. The molecular formula is C12H15BrN4. The topological polar surface area (TPSA) is 44.0 Å². The van der Waals surface area contributed by atoms with Gasteiger partial charge in [0.15, 0.2) is 0 Å². The molecule has 2 N–H and O–H groups in total. The van der Waals surface area contributed by atoms with Gasteiger partial charge in [-0.05, 0) is 18.2 Å². The fourth-order valence-electron chi connectivity index (χ4n) is 1.61. The standard InChI is InChI=1S/C12H15BrN4/c1-17(2)11-4-3-9(13)7-10(11)16-8-12-14-5-6-15-12/h3-7,16H,8H2,1-2H3,(H,14,15). The van der Waals surface area contributed by atoms with Gasteiger partial charge in [-0.1, -0.05) is 15.9 Å². The molecule has 0 aliphatic heterocycles. The van der Waals surface area contributed by atoms with Crippen molar-refractivity contribution in [3.63, 3.8) is 0 Å². The number of hydrogen-bond acceptors (Lipinski definition) is 3. The number of halogens is 1. The summed E-state index contributed by atoms with van der Waals surface area (Å²) in [6, 6.07) is 6.18. The fraction of sp³-hybridized carbons (Fsp3) is 0.250. The summed E-state index contributed by atoms with van der Waals surface area (Å²) in [6.07, 6.45) is 3.58. The van der Waals surface area contributed by atoms with Crippen LogP contribution in [-0.2, 0) is 6.54 Å². The number of aromatic amines is 1. The number of anilines is 2. The van der Waals surface area contributed by atoms with Crippen LogP contribution in [0.25, 0.3) is 0 Å². The molecule has 0 saturated heterocycles. The summed E-state index contributed by atoms with van der Waals surface area (Å²) in [5.41, 5.74) is 2.24. The molecule has 1 heterocycles. The van der Waals surface area contributed by atoms with Crippen LogP contribution in [0, 0.1) is 0 Å². The minimum atomic E-state index is 0.685. The molecule has 0 amide bonds. The van der Waals surface area contributed by atoms with E-state index in [0.717, 1.165) is 21.7 Å². The van der Waals surface area contributed by atoms with E-state index in [4.69, 9.17) is 0 Å². The highest BCUT2D eigenvalue weighted by molar-refractivity contribution is 9.10. The first-order valence-corrected chi connectivity index (χ1v) is 6.15. The van der Waals surface area contributed by atoms with Gasteiger partial charge in [0.05, 0.1) is 17.9 Å². The first-order valence-electron chi connectivity index (χ1n) is 5.36. The average molecular weight is 295 g/mol. The highest BCUT2D eigenvalue weighted by atomic mass is 79.9. The van der Waals surface area contributed by atoms with Crippen molar-refractivity contribution in [1.29, 1.82) is 0 Å². The third-order valence-corrected chi connectivity index (χ3v) is 2.93. The Labute approximate surface area is 109 Å². The molecule has 0 radical (unpaired) electrons. The van der Waals surface area contributed by atoms with Crippen molar-refractivity contribution in [3.8, 4) is 0 Å². The van der Waals surface area contributed by atoms with Crippen LogP contribution in [0.15, 0.2) is 35.1 Å². The van der Waals surface area contributed by atoms with E-state index < -0.39 is 0 Å². The molecule has 1 aromatic heterocycles. The van der Waals surface area contributed by atoms with E-state index in [1.54, 1.807) is 6.20 Å². The number of rotatable bonds is 4. The van der Waals surface area contributed by atoms with E-state index in [0.29, 0.717) is 6.54 Å². The van der Waals surface area contributed by atoms with E-state index in [1.807, 2.05) is 26.4 Å². The second-order valence-corrected chi connectivity index (χ2v) is 4.86. The Balaban J connectivity index is 2.16. The summed E-state index contributed by atoms with van der Waals surface area (Å²) in [5, 5.41) is 3.37. The van der Waals surface area contributed by atoms with E-state index in [2.05, 4.69) is 48.2 Å². The molecule has 0 fully saturated rings. The van der Waals surface area contributed by atoms with Gasteiger partial charge in [0.1, 0.15) is 5.82 Å². The molecule has 0 unspecified atom stereocenters. The minimum Gasteiger partial charge on any atom is -0.376 e. The zero-order chi connectivity index (χ0) is 12.3. The van der Waals surface area contributed by atoms with Crippen molar-refractivity contribution in [2.24, 2.45) is 0 Å². The van der Waals surface area contributed by atoms with Crippen LogP contribution in [0.3, 0.4) is 0 Å². The van der Waals surface area contributed by atoms with Gasteiger partial charge < -0.3 is 15.2 Å². The predicted octanol–water partition coefficient (Wildman–Crippen LogP) is 2.85. The Bertz CT molecular complexity index is 479. The lowest BCUT2D eigenvalue weighted by Gasteiger charge is -2.18. The Morgan fingerprint density at radius 3 is 2.88 bits per heavy atom. The Kier molecular flexibility index (Phi) is 3.68. The van der Waals surface area contributed by atoms with Crippen LogP contribution in [0.4, 0.5) is 11.4 Å². The summed E-state index contributed by atoms with van der Waals surface area (Å²) in [7, 11) is 4.06. The lowest BCUT2D eigenvalue weighted by molar-refractivity contribution is 0.995. The SMILES string of the molecule is CN(C)c1ccc(Br)cc1NCc1ncc[nH]1. The van der Waals surface area contributed by atoms with Gasteiger partial charge in [-0.25, -0.2) is 4.98 Å². The molecule has 0 spiro atoms. The van der Waals surface area contributed by atoms with Crippen molar-refractivity contribution in [2.75, 3.05) is 24.3 Å². The van der Waals surface area contributed by atoms with Gasteiger partial charge in [0, 0.05) is 31.0 Å². The lowest BCUT2D eigenvalue weighted by Crippen LogP contribution is -2.12. The molecule has 1 aromatic carbocycles. The van der Waals surface area contributed by atoms with Gasteiger partial charge in [-0.15, -0.1) is 0 Å². The van der Waals surface area contributed by atoms with E-state index in [1.165, 1.54) is 0 Å². The number of imidazole rings is 1. The molecule has 2 rings (SSSR count). The maximum atomic E-state index is 4.18. The van der Waals surface area contributed by atoms with E-state index >= 15 is 0 Å². The van der Waals surface area contributed by atoms with Gasteiger partial charge in [-0.3, -0.25) is 0 Å². The summed E-state index contributed by atoms with van der Waals surface area (Å²) in [5.74, 6) is 0.926. The van der Waals surface area contributed by atoms with Crippen molar-refractivity contribution in [1.82, 2.24) is 9.97 Å². The van der Waals surface area contributed by atoms with Crippen LogP contribution < -0.4 is 10.2 Å². The van der Waals surface area contributed by atoms with Gasteiger partial charge in [0.25, 0.3) is 0 Å². The van der Waals surface area contributed by atoms with Crippen LogP contribution in [-0.4, -0.2) is 24.1 Å². The molecule has 5 heteroatoms. The van der Waals surface area contributed by atoms with Crippen molar-refractivity contribution >= 4 is 27.3 Å². The Hall–Kier alpha value is -1.49. The number of benzene rings is 1. The largest absolute Gasteiger partial charge is 0.376 e. The van der Waals surface area contributed by atoms with Crippen LogP contribution in [0.1, 0.15) is 5.82 Å². The summed E-state index contributed by atoms with van der Waals surface area (Å²) in [6.45, 7) is 0.685. The zero-order valence-corrected chi connectivity index (χ0v) is 11.5. The minimum absolute atomic E-state index is 0.685. The molecule has 0 aliphatic rings. The maximum Gasteiger partial charge on any atom is 0.125 e. The number of H-pyrrole nitrogens is 1. The molecule has 2 aromatic rings. The number of nitrogens with one attached hydrogen (secondary N) is 2. The molecule has 0 bridgehead atoms. The third kappa shape index (κ3) is 3.00. The highest BCUT2D eigenvalue weighted by Crippen LogP contribution is 2.28. The maximum absolute atomic E-state index is 4.18. The van der Waals surface area contributed by atoms with Gasteiger partial charge in [-0.2, -0.15) is 0 Å². The van der Waals surface area contributed by atoms with E-state index in [9.17, 15) is 0 Å². The first kappa shape index (κ1) is 12.0. The van der Waals surface area contributed by atoms with Crippen LogP contribution in [0.5, 0.6) is 0 Å². The summed E-state index contributed by atoms with van der Waals surface area (Å²) in [4.78, 5) is 9.34. The van der Waals surface area contributed by atoms with Crippen LogP contribution >= 0.6 is 15.9 Å². The average Bonchev–Trinajstić information content (AvgIpc) is 2.78.